The van der Waals surface area contributed by atoms with Crippen LogP contribution in [-0.2, 0) is 13.1 Å². The van der Waals surface area contributed by atoms with Gasteiger partial charge in [0.1, 0.15) is 17.3 Å². The summed E-state index contributed by atoms with van der Waals surface area (Å²) >= 11 is 0. The summed E-state index contributed by atoms with van der Waals surface area (Å²) in [5.74, 6) is 1.07. The number of urea groups is 1. The molecule has 2 N–H and O–H groups in total. The van der Waals surface area contributed by atoms with Crippen molar-refractivity contribution in [2.75, 3.05) is 14.2 Å². The monoisotopic (exact) mass is 332 g/mol. The first-order valence-electron chi connectivity index (χ1n) is 7.51. The van der Waals surface area contributed by atoms with Gasteiger partial charge < -0.3 is 20.1 Å². The Hall–Kier alpha value is -2.76. The fraction of sp³-hybridized carbons (Fsp3) is 0.278. The Labute approximate surface area is 140 Å². The van der Waals surface area contributed by atoms with E-state index in [1.165, 1.54) is 6.07 Å². The normalized spacial score (nSPS) is 10.2. The summed E-state index contributed by atoms with van der Waals surface area (Å²) < 4.78 is 23.6. The third-order valence-electron chi connectivity index (χ3n) is 3.61. The molecule has 2 amide bonds. The first-order chi connectivity index (χ1) is 11.5. The summed E-state index contributed by atoms with van der Waals surface area (Å²) in [5.41, 5.74) is 2.23. The lowest BCUT2D eigenvalue weighted by atomic mass is 10.1. The molecular weight excluding hydrogens is 311 g/mol. The van der Waals surface area contributed by atoms with Crippen molar-refractivity contribution in [3.05, 3.63) is 58.9 Å². The molecule has 0 spiro atoms. The number of hydrogen-bond donors (Lipinski definition) is 2. The van der Waals surface area contributed by atoms with E-state index in [2.05, 4.69) is 10.6 Å². The summed E-state index contributed by atoms with van der Waals surface area (Å²) in [6, 6.07) is 9.84. The number of rotatable bonds is 6. The Morgan fingerprint density at radius 2 is 1.79 bits per heavy atom. The first kappa shape index (κ1) is 17.6. The molecule has 0 atom stereocenters. The van der Waals surface area contributed by atoms with Gasteiger partial charge in [-0.25, -0.2) is 9.18 Å². The van der Waals surface area contributed by atoms with Crippen molar-refractivity contribution >= 4 is 6.03 Å². The van der Waals surface area contributed by atoms with Crippen molar-refractivity contribution in [3.63, 3.8) is 0 Å². The van der Waals surface area contributed by atoms with Crippen molar-refractivity contribution in [3.8, 4) is 11.5 Å². The molecule has 0 radical (unpaired) electrons. The topological polar surface area (TPSA) is 59.6 Å². The van der Waals surface area contributed by atoms with Gasteiger partial charge >= 0.3 is 6.03 Å². The molecule has 0 heterocycles. The van der Waals surface area contributed by atoms with Gasteiger partial charge in [-0.1, -0.05) is 12.1 Å². The molecule has 2 aromatic rings. The maximum absolute atomic E-state index is 13.2. The average Bonchev–Trinajstić information content (AvgIpc) is 2.60. The van der Waals surface area contributed by atoms with E-state index in [1.807, 2.05) is 6.07 Å². The number of aryl methyl sites for hydroxylation is 1. The Morgan fingerprint density at radius 1 is 1.04 bits per heavy atom. The van der Waals surface area contributed by atoms with Gasteiger partial charge in [-0.2, -0.15) is 0 Å². The fourth-order valence-electron chi connectivity index (χ4n) is 2.24. The van der Waals surface area contributed by atoms with Crippen LogP contribution in [0, 0.1) is 12.7 Å². The summed E-state index contributed by atoms with van der Waals surface area (Å²) in [5, 5.41) is 5.50. The molecule has 2 rings (SSSR count). The molecule has 2 aromatic carbocycles. The summed E-state index contributed by atoms with van der Waals surface area (Å²) in [7, 11) is 3.15. The predicted octanol–water partition coefficient (Wildman–Crippen LogP) is 3.15. The van der Waals surface area contributed by atoms with Crippen LogP contribution < -0.4 is 20.1 Å². The van der Waals surface area contributed by atoms with Crippen LogP contribution in [0.3, 0.4) is 0 Å². The number of methoxy groups -OCH3 is 2. The van der Waals surface area contributed by atoms with Gasteiger partial charge in [-0.05, 0) is 36.2 Å². The van der Waals surface area contributed by atoms with Gasteiger partial charge in [0.05, 0.1) is 14.2 Å². The SMILES string of the molecule is COc1ccc(CNC(=O)NCc2ccc(F)c(C)c2)c(OC)c1. The maximum Gasteiger partial charge on any atom is 0.315 e. The van der Waals surface area contributed by atoms with Gasteiger partial charge in [0, 0.05) is 24.7 Å². The molecule has 0 fully saturated rings. The van der Waals surface area contributed by atoms with E-state index in [0.717, 1.165) is 11.1 Å². The third-order valence-corrected chi connectivity index (χ3v) is 3.61. The van der Waals surface area contributed by atoms with Crippen LogP contribution in [0.4, 0.5) is 9.18 Å². The molecule has 0 aromatic heterocycles. The number of carbonyl (C=O) groups is 1. The van der Waals surface area contributed by atoms with Crippen molar-refractivity contribution in [1.82, 2.24) is 10.6 Å². The minimum absolute atomic E-state index is 0.255. The van der Waals surface area contributed by atoms with Gasteiger partial charge in [0.15, 0.2) is 0 Å². The van der Waals surface area contributed by atoms with E-state index in [-0.39, 0.29) is 11.8 Å². The van der Waals surface area contributed by atoms with E-state index in [4.69, 9.17) is 9.47 Å². The number of ether oxygens (including phenoxy) is 2. The highest BCUT2D eigenvalue weighted by Gasteiger charge is 2.07. The zero-order chi connectivity index (χ0) is 17.5. The molecule has 6 heteroatoms. The van der Waals surface area contributed by atoms with Crippen molar-refractivity contribution in [1.29, 1.82) is 0 Å². The Bertz CT molecular complexity index is 719. The van der Waals surface area contributed by atoms with Crippen LogP contribution in [0.1, 0.15) is 16.7 Å². The molecule has 0 saturated heterocycles. The quantitative estimate of drug-likeness (QED) is 0.854. The molecular formula is C18H21FN2O3. The number of halogens is 1. The van der Waals surface area contributed by atoms with E-state index < -0.39 is 0 Å². The Kier molecular flexibility index (Phi) is 6.01. The maximum atomic E-state index is 13.2. The van der Waals surface area contributed by atoms with Crippen LogP contribution in [0.15, 0.2) is 36.4 Å². The van der Waals surface area contributed by atoms with E-state index in [9.17, 15) is 9.18 Å². The molecule has 0 aliphatic heterocycles. The van der Waals surface area contributed by atoms with Crippen LogP contribution in [0.25, 0.3) is 0 Å². The number of nitrogens with one attached hydrogen (secondary N) is 2. The molecule has 24 heavy (non-hydrogen) atoms. The summed E-state index contributed by atoms with van der Waals surface area (Å²) in [4.78, 5) is 11.9. The zero-order valence-electron chi connectivity index (χ0n) is 14.0. The largest absolute Gasteiger partial charge is 0.497 e. The number of benzene rings is 2. The van der Waals surface area contributed by atoms with E-state index in [1.54, 1.807) is 45.4 Å². The zero-order valence-corrected chi connectivity index (χ0v) is 14.0. The Balaban J connectivity index is 1.88. The van der Waals surface area contributed by atoms with Gasteiger partial charge in [-0.15, -0.1) is 0 Å². The fourth-order valence-corrected chi connectivity index (χ4v) is 2.24. The van der Waals surface area contributed by atoms with Crippen molar-refractivity contribution in [2.24, 2.45) is 0 Å². The number of amides is 2. The minimum Gasteiger partial charge on any atom is -0.497 e. The second-order valence-corrected chi connectivity index (χ2v) is 5.30. The molecule has 0 saturated carbocycles. The highest BCUT2D eigenvalue weighted by molar-refractivity contribution is 5.73. The first-order valence-corrected chi connectivity index (χ1v) is 7.51. The van der Waals surface area contributed by atoms with Crippen LogP contribution in [-0.4, -0.2) is 20.3 Å². The van der Waals surface area contributed by atoms with Gasteiger partial charge in [0.25, 0.3) is 0 Å². The minimum atomic E-state index is -0.310. The predicted molar refractivity (Wildman–Crippen MR) is 89.8 cm³/mol. The smallest absolute Gasteiger partial charge is 0.315 e. The molecule has 0 unspecified atom stereocenters. The Morgan fingerprint density at radius 3 is 2.46 bits per heavy atom. The third kappa shape index (κ3) is 4.62. The van der Waals surface area contributed by atoms with Crippen molar-refractivity contribution < 1.29 is 18.7 Å². The number of hydrogen-bond acceptors (Lipinski definition) is 3. The lowest BCUT2D eigenvalue weighted by Crippen LogP contribution is -2.34. The highest BCUT2D eigenvalue weighted by Crippen LogP contribution is 2.24. The highest BCUT2D eigenvalue weighted by atomic mass is 19.1. The molecule has 0 aliphatic rings. The standard InChI is InChI=1S/C18H21FN2O3/c1-12-8-13(4-7-16(12)19)10-20-18(22)21-11-14-5-6-15(23-2)9-17(14)24-3/h4-9H,10-11H2,1-3H3,(H2,20,21,22). The summed E-state index contributed by atoms with van der Waals surface area (Å²) in [6.07, 6.45) is 0. The second kappa shape index (κ2) is 8.19. The van der Waals surface area contributed by atoms with E-state index >= 15 is 0 Å². The summed E-state index contributed by atoms with van der Waals surface area (Å²) in [6.45, 7) is 2.34. The van der Waals surface area contributed by atoms with Gasteiger partial charge in [0.2, 0.25) is 0 Å². The number of carbonyl (C=O) groups excluding carboxylic acids is 1. The average molecular weight is 332 g/mol. The molecule has 128 valence electrons. The van der Waals surface area contributed by atoms with E-state index in [0.29, 0.717) is 30.2 Å². The van der Waals surface area contributed by atoms with Crippen LogP contribution >= 0.6 is 0 Å². The molecule has 0 bridgehead atoms. The molecule has 0 aliphatic carbocycles. The van der Waals surface area contributed by atoms with Crippen LogP contribution in [0.5, 0.6) is 11.5 Å². The second-order valence-electron chi connectivity index (χ2n) is 5.30. The lowest BCUT2D eigenvalue weighted by molar-refractivity contribution is 0.240. The van der Waals surface area contributed by atoms with Crippen LogP contribution in [0.2, 0.25) is 0 Å². The lowest BCUT2D eigenvalue weighted by Gasteiger charge is -2.12. The van der Waals surface area contributed by atoms with Crippen molar-refractivity contribution in [2.45, 2.75) is 20.0 Å². The molecule has 5 nitrogen and oxygen atoms in total. The van der Waals surface area contributed by atoms with Gasteiger partial charge in [-0.3, -0.25) is 0 Å².